The van der Waals surface area contributed by atoms with Crippen LogP contribution in [0.2, 0.25) is 0 Å². The van der Waals surface area contributed by atoms with E-state index < -0.39 is 15.4 Å². The molecule has 23 heavy (non-hydrogen) atoms. The van der Waals surface area contributed by atoms with Crippen molar-refractivity contribution in [3.63, 3.8) is 0 Å². The molecular weight excluding hydrogens is 310 g/mol. The predicted molar refractivity (Wildman–Crippen MR) is 93.9 cm³/mol. The zero-order valence-electron chi connectivity index (χ0n) is 14.1. The summed E-state index contributed by atoms with van der Waals surface area (Å²) in [5, 5.41) is 10.9. The summed E-state index contributed by atoms with van der Waals surface area (Å²) in [6, 6.07) is 6.49. The van der Waals surface area contributed by atoms with Crippen LogP contribution in [0.15, 0.2) is 18.2 Å². The Bertz CT molecular complexity index is 668. The van der Waals surface area contributed by atoms with Gasteiger partial charge in [0.2, 0.25) is 0 Å². The van der Waals surface area contributed by atoms with Gasteiger partial charge in [-0.2, -0.15) is 0 Å². The van der Waals surface area contributed by atoms with E-state index in [4.69, 9.17) is 0 Å². The number of para-hydroxylation sites is 1. The maximum atomic E-state index is 11.6. The average Bonchev–Trinajstić information content (AvgIpc) is 2.50. The average molecular weight is 337 g/mol. The highest BCUT2D eigenvalue weighted by molar-refractivity contribution is 7.91. The molecule has 0 aliphatic carbocycles. The van der Waals surface area contributed by atoms with Gasteiger partial charge in [-0.05, 0) is 42.7 Å². The number of aryl methyl sites for hydroxylation is 1. The Morgan fingerprint density at radius 2 is 1.96 bits per heavy atom. The van der Waals surface area contributed by atoms with Crippen molar-refractivity contribution in [2.75, 3.05) is 29.5 Å². The first-order valence-electron chi connectivity index (χ1n) is 8.59. The van der Waals surface area contributed by atoms with Crippen LogP contribution in [0.1, 0.15) is 50.2 Å². The first-order chi connectivity index (χ1) is 10.8. The predicted octanol–water partition coefficient (Wildman–Crippen LogP) is 2.50. The number of fused-ring (bicyclic) bond motifs is 1. The Kier molecular flexibility index (Phi) is 4.45. The number of hydrogen-bond acceptors (Lipinski definition) is 4. The molecule has 1 N–H and O–H groups in total. The van der Waals surface area contributed by atoms with Gasteiger partial charge in [-0.1, -0.05) is 32.0 Å². The molecule has 1 saturated heterocycles. The molecule has 4 nitrogen and oxygen atoms in total. The molecule has 1 fully saturated rings. The van der Waals surface area contributed by atoms with E-state index in [1.165, 1.54) is 16.8 Å². The Hall–Kier alpha value is -1.07. The van der Waals surface area contributed by atoms with Crippen molar-refractivity contribution in [2.45, 2.75) is 51.0 Å². The van der Waals surface area contributed by atoms with Crippen LogP contribution < -0.4 is 4.90 Å². The zero-order valence-corrected chi connectivity index (χ0v) is 14.9. The van der Waals surface area contributed by atoms with Gasteiger partial charge in [0.25, 0.3) is 0 Å². The van der Waals surface area contributed by atoms with Gasteiger partial charge in [0.15, 0.2) is 9.84 Å². The van der Waals surface area contributed by atoms with Crippen LogP contribution in [0.25, 0.3) is 0 Å². The van der Waals surface area contributed by atoms with Crippen LogP contribution in [0.4, 0.5) is 5.69 Å². The number of hydrogen-bond donors (Lipinski definition) is 1. The van der Waals surface area contributed by atoms with Crippen LogP contribution in [-0.4, -0.2) is 43.7 Å². The van der Waals surface area contributed by atoms with Crippen LogP contribution >= 0.6 is 0 Å². The number of β-amino-alcohol motifs (C(OH)–C–C–N with tert-alkyl or cyclic N) is 1. The molecule has 0 spiro atoms. The lowest BCUT2D eigenvalue weighted by atomic mass is 9.89. The van der Waals surface area contributed by atoms with Crippen molar-refractivity contribution in [1.82, 2.24) is 0 Å². The van der Waals surface area contributed by atoms with E-state index in [1.807, 2.05) is 0 Å². The molecule has 2 heterocycles. The van der Waals surface area contributed by atoms with E-state index in [0.29, 0.717) is 25.3 Å². The Morgan fingerprint density at radius 3 is 2.61 bits per heavy atom. The van der Waals surface area contributed by atoms with Crippen LogP contribution in [0.3, 0.4) is 0 Å². The number of nitrogens with zero attached hydrogens (tertiary/aromatic N) is 1. The molecule has 2 aliphatic rings. The van der Waals surface area contributed by atoms with Crippen molar-refractivity contribution in [3.05, 3.63) is 29.3 Å². The second-order valence-electron chi connectivity index (χ2n) is 7.41. The fourth-order valence-corrected chi connectivity index (χ4v) is 5.41. The van der Waals surface area contributed by atoms with Gasteiger partial charge in [-0.25, -0.2) is 8.42 Å². The third-order valence-electron chi connectivity index (χ3n) is 5.21. The highest BCUT2D eigenvalue weighted by Crippen LogP contribution is 2.37. The molecule has 1 aromatic rings. The lowest BCUT2D eigenvalue weighted by Gasteiger charge is -2.41. The minimum absolute atomic E-state index is 0.107. The minimum atomic E-state index is -2.96. The molecule has 5 heteroatoms. The summed E-state index contributed by atoms with van der Waals surface area (Å²) in [5.74, 6) is 0.651. The summed E-state index contributed by atoms with van der Waals surface area (Å²) in [4.78, 5) is 2.30. The standard InChI is InChI=1S/C18H27NO3S/c1-14(2)16-7-3-5-15-6-4-10-19(17(15)16)13-18(20)8-11-23(21,22)12-9-18/h3,5,7,14,20H,4,6,8-13H2,1-2H3. The molecule has 0 radical (unpaired) electrons. The largest absolute Gasteiger partial charge is 0.388 e. The fourth-order valence-electron chi connectivity index (χ4n) is 3.83. The molecule has 0 aromatic heterocycles. The number of anilines is 1. The molecule has 2 aliphatic heterocycles. The van der Waals surface area contributed by atoms with Gasteiger partial charge in [0, 0.05) is 18.8 Å². The van der Waals surface area contributed by atoms with Gasteiger partial charge in [-0.3, -0.25) is 0 Å². The molecule has 0 amide bonds. The molecule has 0 saturated carbocycles. The number of benzene rings is 1. The van der Waals surface area contributed by atoms with Gasteiger partial charge < -0.3 is 10.0 Å². The van der Waals surface area contributed by atoms with Crippen molar-refractivity contribution < 1.29 is 13.5 Å². The van der Waals surface area contributed by atoms with Gasteiger partial charge in [-0.15, -0.1) is 0 Å². The molecule has 1 aromatic carbocycles. The molecule has 3 rings (SSSR count). The van der Waals surface area contributed by atoms with E-state index in [0.717, 1.165) is 19.4 Å². The van der Waals surface area contributed by atoms with Crippen molar-refractivity contribution in [1.29, 1.82) is 0 Å². The number of sulfone groups is 1. The van der Waals surface area contributed by atoms with Gasteiger partial charge in [0.05, 0.1) is 17.1 Å². The van der Waals surface area contributed by atoms with E-state index >= 15 is 0 Å². The van der Waals surface area contributed by atoms with E-state index in [-0.39, 0.29) is 11.5 Å². The zero-order chi connectivity index (χ0) is 16.7. The first kappa shape index (κ1) is 16.8. The van der Waals surface area contributed by atoms with Crippen LogP contribution in [0, 0.1) is 0 Å². The summed E-state index contributed by atoms with van der Waals surface area (Å²) < 4.78 is 23.3. The minimum Gasteiger partial charge on any atom is -0.388 e. The summed E-state index contributed by atoms with van der Waals surface area (Å²) in [5.41, 5.74) is 3.07. The second kappa shape index (κ2) is 6.10. The summed E-state index contributed by atoms with van der Waals surface area (Å²) in [6.45, 7) is 5.87. The topological polar surface area (TPSA) is 57.6 Å². The van der Waals surface area contributed by atoms with Crippen LogP contribution in [-0.2, 0) is 16.3 Å². The fraction of sp³-hybridized carbons (Fsp3) is 0.667. The maximum absolute atomic E-state index is 11.6. The highest BCUT2D eigenvalue weighted by Gasteiger charge is 2.38. The lowest BCUT2D eigenvalue weighted by molar-refractivity contribution is 0.0370. The SMILES string of the molecule is CC(C)c1cccc2c1N(CC1(O)CCS(=O)(=O)CC1)CCC2. The molecule has 0 bridgehead atoms. The second-order valence-corrected chi connectivity index (χ2v) is 9.71. The number of rotatable bonds is 3. The van der Waals surface area contributed by atoms with E-state index in [1.54, 1.807) is 0 Å². The van der Waals surface area contributed by atoms with Crippen molar-refractivity contribution in [3.8, 4) is 0 Å². The monoisotopic (exact) mass is 337 g/mol. The van der Waals surface area contributed by atoms with Crippen LogP contribution in [0.5, 0.6) is 0 Å². The Balaban J connectivity index is 1.86. The Labute approximate surface area is 139 Å². The third kappa shape index (κ3) is 3.56. The smallest absolute Gasteiger partial charge is 0.150 e. The Morgan fingerprint density at radius 1 is 1.26 bits per heavy atom. The van der Waals surface area contributed by atoms with Gasteiger partial charge in [0.1, 0.15) is 0 Å². The van der Waals surface area contributed by atoms with E-state index in [9.17, 15) is 13.5 Å². The van der Waals surface area contributed by atoms with E-state index in [2.05, 4.69) is 36.9 Å². The van der Waals surface area contributed by atoms with Crippen molar-refractivity contribution >= 4 is 15.5 Å². The molecular formula is C18H27NO3S. The third-order valence-corrected chi connectivity index (χ3v) is 6.86. The lowest BCUT2D eigenvalue weighted by Crippen LogP contribution is -2.49. The molecule has 128 valence electrons. The quantitative estimate of drug-likeness (QED) is 0.921. The summed E-state index contributed by atoms with van der Waals surface area (Å²) in [6.07, 6.45) is 2.87. The first-order valence-corrected chi connectivity index (χ1v) is 10.4. The number of aliphatic hydroxyl groups is 1. The summed E-state index contributed by atoms with van der Waals surface area (Å²) >= 11 is 0. The molecule has 0 atom stereocenters. The highest BCUT2D eigenvalue weighted by atomic mass is 32.2. The summed E-state index contributed by atoms with van der Waals surface area (Å²) in [7, 11) is -2.96. The maximum Gasteiger partial charge on any atom is 0.150 e. The molecule has 0 unspecified atom stereocenters. The van der Waals surface area contributed by atoms with Crippen molar-refractivity contribution in [2.24, 2.45) is 0 Å². The van der Waals surface area contributed by atoms with Gasteiger partial charge >= 0.3 is 0 Å². The normalized spacial score (nSPS) is 22.9.